The van der Waals surface area contributed by atoms with Gasteiger partial charge in [-0.05, 0) is 65.9 Å². The first kappa shape index (κ1) is 22.4. The third-order valence-electron chi connectivity index (χ3n) is 5.03. The van der Waals surface area contributed by atoms with Crippen LogP contribution in [0.5, 0.6) is 0 Å². The summed E-state index contributed by atoms with van der Waals surface area (Å²) in [6, 6.07) is 17.2. The fourth-order valence-electron chi connectivity index (χ4n) is 3.36. The van der Waals surface area contributed by atoms with Crippen molar-refractivity contribution >= 4 is 69.7 Å². The molecular weight excluding hydrogens is 500 g/mol. The van der Waals surface area contributed by atoms with Crippen LogP contribution in [0.2, 0.25) is 25.1 Å². The molecule has 0 spiro atoms. The van der Waals surface area contributed by atoms with E-state index in [9.17, 15) is 4.79 Å². The topological polar surface area (TPSA) is 38.7 Å². The predicted molar refractivity (Wildman–Crippen MR) is 127 cm³/mol. The van der Waals surface area contributed by atoms with E-state index in [1.54, 1.807) is 18.2 Å². The van der Waals surface area contributed by atoms with Gasteiger partial charge in [0, 0.05) is 21.0 Å². The van der Waals surface area contributed by atoms with Gasteiger partial charge in [0.15, 0.2) is 0 Å². The van der Waals surface area contributed by atoms with Crippen molar-refractivity contribution in [1.82, 2.24) is 0 Å². The van der Waals surface area contributed by atoms with Crippen LogP contribution in [0, 0.1) is 5.92 Å². The molecule has 1 aliphatic rings. The molecule has 0 bridgehead atoms. The Morgan fingerprint density at radius 1 is 0.774 bits per heavy atom. The molecule has 0 unspecified atom stereocenters. The minimum atomic E-state index is -0.633. The number of halogens is 5. The van der Waals surface area contributed by atoms with E-state index >= 15 is 0 Å². The highest BCUT2D eigenvalue weighted by Gasteiger charge is 2.44. The minimum Gasteiger partial charge on any atom is -0.313 e. The Morgan fingerprint density at radius 2 is 1.45 bits per heavy atom. The first-order valence-corrected chi connectivity index (χ1v) is 11.2. The van der Waals surface area contributed by atoms with Gasteiger partial charge in [-0.2, -0.15) is 0 Å². The number of carbonyl (C=O) groups excluding carboxylic acids is 1. The third-order valence-corrected chi connectivity index (χ3v) is 6.58. The Bertz CT molecular complexity index is 1180. The number of nitrogens with zero attached hydrogens (tertiary/aromatic N) is 1. The van der Waals surface area contributed by atoms with Crippen LogP contribution in [0.1, 0.15) is 33.8 Å². The summed E-state index contributed by atoms with van der Waals surface area (Å²) in [6.45, 7) is 0. The van der Waals surface area contributed by atoms with Gasteiger partial charge in [-0.1, -0.05) is 81.4 Å². The van der Waals surface area contributed by atoms with Crippen molar-refractivity contribution in [3.8, 4) is 0 Å². The molecule has 3 nitrogen and oxygen atoms in total. The Balaban J connectivity index is 1.61. The highest BCUT2D eigenvalue weighted by molar-refractivity contribution is 6.42. The maximum absolute atomic E-state index is 12.5. The van der Waals surface area contributed by atoms with Gasteiger partial charge in [0.05, 0.1) is 21.3 Å². The van der Waals surface area contributed by atoms with Crippen molar-refractivity contribution in [2.75, 3.05) is 0 Å². The zero-order valence-electron chi connectivity index (χ0n) is 15.8. The van der Waals surface area contributed by atoms with Crippen LogP contribution in [0.25, 0.3) is 0 Å². The number of oxime groups is 1. The van der Waals surface area contributed by atoms with Gasteiger partial charge in [0.1, 0.15) is 0 Å². The zero-order chi connectivity index (χ0) is 22.1. The van der Waals surface area contributed by atoms with Gasteiger partial charge < -0.3 is 4.84 Å². The van der Waals surface area contributed by atoms with Gasteiger partial charge in [0.2, 0.25) is 0 Å². The molecule has 1 fully saturated rings. The second-order valence-corrected chi connectivity index (χ2v) is 9.20. The fraction of sp³-hybridized carbons (Fsp3) is 0.130. The largest absolute Gasteiger partial charge is 0.365 e. The summed E-state index contributed by atoms with van der Waals surface area (Å²) in [5.41, 5.74) is 2.68. The average Bonchev–Trinajstić information content (AvgIpc) is 3.51. The van der Waals surface area contributed by atoms with Crippen LogP contribution in [0.15, 0.2) is 65.8 Å². The third kappa shape index (κ3) is 5.19. The van der Waals surface area contributed by atoms with Crippen LogP contribution in [-0.4, -0.2) is 11.7 Å². The second-order valence-electron chi connectivity index (χ2n) is 7.11. The van der Waals surface area contributed by atoms with E-state index in [0.29, 0.717) is 25.8 Å². The van der Waals surface area contributed by atoms with Crippen molar-refractivity contribution < 1.29 is 9.63 Å². The van der Waals surface area contributed by atoms with Gasteiger partial charge >= 0.3 is 5.97 Å². The highest BCUT2D eigenvalue weighted by atomic mass is 35.5. The van der Waals surface area contributed by atoms with Crippen molar-refractivity contribution in [3.05, 3.63) is 102 Å². The lowest BCUT2D eigenvalue weighted by molar-refractivity contribution is 0.0515. The van der Waals surface area contributed by atoms with E-state index in [-0.39, 0.29) is 22.4 Å². The SMILES string of the molecule is O=C(O/N=C(/c1ccc(Cl)cc1)[C@@H]1C[C@H]1c1ccc(Cl)cc1Cl)c1ccc(Cl)c(Cl)c1. The van der Waals surface area contributed by atoms with Crippen molar-refractivity contribution in [1.29, 1.82) is 0 Å². The summed E-state index contributed by atoms with van der Waals surface area (Å²) < 4.78 is 0. The van der Waals surface area contributed by atoms with E-state index in [4.69, 9.17) is 62.8 Å². The molecule has 0 N–H and O–H groups in total. The number of carbonyl (C=O) groups is 1. The molecule has 0 amide bonds. The molecule has 4 rings (SSSR count). The molecule has 0 heterocycles. The van der Waals surface area contributed by atoms with Gasteiger partial charge in [-0.15, -0.1) is 0 Å². The Labute approximate surface area is 204 Å². The Kier molecular flexibility index (Phi) is 6.80. The quantitative estimate of drug-likeness (QED) is 0.195. The minimum absolute atomic E-state index is 0.0291. The molecule has 0 aliphatic heterocycles. The van der Waals surface area contributed by atoms with Crippen LogP contribution in [-0.2, 0) is 4.84 Å². The molecule has 0 radical (unpaired) electrons. The van der Waals surface area contributed by atoms with Crippen LogP contribution < -0.4 is 0 Å². The number of rotatable bonds is 5. The zero-order valence-corrected chi connectivity index (χ0v) is 19.6. The highest BCUT2D eigenvalue weighted by Crippen LogP contribution is 2.51. The molecule has 1 saturated carbocycles. The molecule has 2 atom stereocenters. The van der Waals surface area contributed by atoms with Crippen molar-refractivity contribution in [3.63, 3.8) is 0 Å². The molecule has 31 heavy (non-hydrogen) atoms. The summed E-state index contributed by atoms with van der Waals surface area (Å²) in [7, 11) is 0. The number of hydrogen-bond acceptors (Lipinski definition) is 3. The Hall–Kier alpha value is -1.75. The molecule has 1 aliphatic carbocycles. The lowest BCUT2D eigenvalue weighted by atomic mass is 10.0. The van der Waals surface area contributed by atoms with E-state index in [1.165, 1.54) is 18.2 Å². The van der Waals surface area contributed by atoms with Crippen LogP contribution >= 0.6 is 58.0 Å². The van der Waals surface area contributed by atoms with E-state index in [2.05, 4.69) is 5.16 Å². The summed E-state index contributed by atoms with van der Waals surface area (Å²) >= 11 is 30.3. The predicted octanol–water partition coefficient (Wildman–Crippen LogP) is 8.32. The second kappa shape index (κ2) is 9.40. The lowest BCUT2D eigenvalue weighted by Gasteiger charge is -2.08. The molecule has 3 aromatic carbocycles. The van der Waals surface area contributed by atoms with Crippen LogP contribution in [0.3, 0.4) is 0 Å². The molecule has 8 heteroatoms. The Morgan fingerprint density at radius 3 is 2.13 bits per heavy atom. The molecule has 3 aromatic rings. The molecule has 0 aromatic heterocycles. The first-order valence-electron chi connectivity index (χ1n) is 9.28. The molecular formula is C23H14Cl5NO2. The number of hydrogen-bond donors (Lipinski definition) is 0. The summed E-state index contributed by atoms with van der Waals surface area (Å²) in [5.74, 6) is -0.462. The van der Waals surface area contributed by atoms with E-state index in [1.807, 2.05) is 24.3 Å². The number of benzene rings is 3. The smallest absolute Gasteiger partial charge is 0.313 e. The van der Waals surface area contributed by atoms with Gasteiger partial charge in [0.25, 0.3) is 0 Å². The maximum atomic E-state index is 12.5. The first-order chi connectivity index (χ1) is 14.8. The van der Waals surface area contributed by atoms with E-state index in [0.717, 1.165) is 17.5 Å². The maximum Gasteiger partial charge on any atom is 0.365 e. The van der Waals surface area contributed by atoms with E-state index < -0.39 is 5.97 Å². The summed E-state index contributed by atoms with van der Waals surface area (Å²) in [4.78, 5) is 17.8. The van der Waals surface area contributed by atoms with Crippen molar-refractivity contribution in [2.24, 2.45) is 11.1 Å². The van der Waals surface area contributed by atoms with Gasteiger partial charge in [-0.25, -0.2) is 4.79 Å². The summed E-state index contributed by atoms with van der Waals surface area (Å²) in [6.07, 6.45) is 0.813. The standard InChI is InChI=1S/C23H14Cl5NO2/c24-14-4-1-12(2-5-14)22(18-11-17(18)16-7-6-15(25)10-20(16)27)29-31-23(30)13-3-8-19(26)21(28)9-13/h1-10,17-18H,11H2/b29-22-/t17-,18+/m0/s1. The normalized spacial score (nSPS) is 18.0. The molecule has 158 valence electrons. The molecule has 0 saturated heterocycles. The average molecular weight is 514 g/mol. The fourth-order valence-corrected chi connectivity index (χ4v) is 4.34. The lowest BCUT2D eigenvalue weighted by Crippen LogP contribution is -2.09. The summed E-state index contributed by atoms with van der Waals surface area (Å²) in [5, 5.41) is 6.61. The van der Waals surface area contributed by atoms with Crippen LogP contribution in [0.4, 0.5) is 0 Å². The van der Waals surface area contributed by atoms with Gasteiger partial charge in [-0.3, -0.25) is 0 Å². The van der Waals surface area contributed by atoms with Crippen molar-refractivity contribution in [2.45, 2.75) is 12.3 Å². The monoisotopic (exact) mass is 511 g/mol.